The van der Waals surface area contributed by atoms with Crippen molar-refractivity contribution in [2.45, 2.75) is 19.4 Å². The zero-order valence-corrected chi connectivity index (χ0v) is 9.12. The minimum absolute atomic E-state index is 0.832. The molecule has 3 nitrogen and oxygen atoms in total. The molecule has 0 bridgehead atoms. The Hall–Kier alpha value is -1.22. The SMILES string of the molecule is COc1ccc(N)c(CNCC2CC2)c1. The van der Waals surface area contributed by atoms with Gasteiger partial charge in [0.25, 0.3) is 0 Å². The van der Waals surface area contributed by atoms with Crippen LogP contribution < -0.4 is 15.8 Å². The van der Waals surface area contributed by atoms with Gasteiger partial charge in [0.1, 0.15) is 5.75 Å². The predicted octanol–water partition coefficient (Wildman–Crippen LogP) is 1.78. The van der Waals surface area contributed by atoms with Gasteiger partial charge in [-0.25, -0.2) is 0 Å². The quantitative estimate of drug-likeness (QED) is 0.722. The van der Waals surface area contributed by atoms with E-state index >= 15 is 0 Å². The van der Waals surface area contributed by atoms with Crippen molar-refractivity contribution in [2.24, 2.45) is 5.92 Å². The highest BCUT2D eigenvalue weighted by atomic mass is 16.5. The normalized spacial score (nSPS) is 15.3. The molecule has 1 fully saturated rings. The number of hydrogen-bond acceptors (Lipinski definition) is 3. The van der Waals surface area contributed by atoms with Crippen molar-refractivity contribution in [3.63, 3.8) is 0 Å². The van der Waals surface area contributed by atoms with Crippen LogP contribution in [0.15, 0.2) is 18.2 Å². The Kier molecular flexibility index (Phi) is 3.11. The van der Waals surface area contributed by atoms with Gasteiger partial charge in [-0.15, -0.1) is 0 Å². The van der Waals surface area contributed by atoms with Gasteiger partial charge in [0, 0.05) is 12.2 Å². The summed E-state index contributed by atoms with van der Waals surface area (Å²) in [6.45, 7) is 1.94. The summed E-state index contributed by atoms with van der Waals surface area (Å²) >= 11 is 0. The van der Waals surface area contributed by atoms with Crippen molar-refractivity contribution in [2.75, 3.05) is 19.4 Å². The predicted molar refractivity (Wildman–Crippen MR) is 61.8 cm³/mol. The highest BCUT2D eigenvalue weighted by Gasteiger charge is 2.20. The Morgan fingerprint density at radius 1 is 1.47 bits per heavy atom. The van der Waals surface area contributed by atoms with Crippen molar-refractivity contribution in [3.05, 3.63) is 23.8 Å². The Morgan fingerprint density at radius 3 is 2.93 bits per heavy atom. The highest BCUT2D eigenvalue weighted by Crippen LogP contribution is 2.28. The molecule has 1 saturated carbocycles. The van der Waals surface area contributed by atoms with Gasteiger partial charge < -0.3 is 15.8 Å². The lowest BCUT2D eigenvalue weighted by atomic mass is 10.1. The Balaban J connectivity index is 1.92. The van der Waals surface area contributed by atoms with Gasteiger partial charge in [-0.05, 0) is 49.1 Å². The minimum Gasteiger partial charge on any atom is -0.497 e. The molecule has 1 aromatic carbocycles. The van der Waals surface area contributed by atoms with E-state index in [-0.39, 0.29) is 0 Å². The number of methoxy groups -OCH3 is 1. The summed E-state index contributed by atoms with van der Waals surface area (Å²) in [5.74, 6) is 1.77. The molecule has 0 radical (unpaired) electrons. The van der Waals surface area contributed by atoms with Crippen LogP contribution in [0.2, 0.25) is 0 Å². The molecule has 3 heteroatoms. The molecule has 1 aliphatic rings. The first-order valence-corrected chi connectivity index (χ1v) is 5.42. The molecule has 0 atom stereocenters. The molecule has 0 saturated heterocycles. The molecule has 0 aromatic heterocycles. The number of nitrogens with two attached hydrogens (primary N) is 1. The maximum Gasteiger partial charge on any atom is 0.119 e. The maximum absolute atomic E-state index is 5.88. The van der Waals surface area contributed by atoms with E-state index in [1.54, 1.807) is 7.11 Å². The van der Waals surface area contributed by atoms with Crippen LogP contribution in [0.25, 0.3) is 0 Å². The monoisotopic (exact) mass is 206 g/mol. The molecule has 0 aliphatic heterocycles. The third-order valence-electron chi connectivity index (χ3n) is 2.80. The fraction of sp³-hybridized carbons (Fsp3) is 0.500. The molecule has 1 aliphatic carbocycles. The van der Waals surface area contributed by atoms with Gasteiger partial charge >= 0.3 is 0 Å². The van der Waals surface area contributed by atoms with Gasteiger partial charge in [0.05, 0.1) is 7.11 Å². The van der Waals surface area contributed by atoms with Crippen molar-refractivity contribution >= 4 is 5.69 Å². The average molecular weight is 206 g/mol. The number of nitrogens with one attached hydrogen (secondary N) is 1. The van der Waals surface area contributed by atoms with E-state index in [1.165, 1.54) is 12.8 Å². The second-order valence-electron chi connectivity index (χ2n) is 4.14. The lowest BCUT2D eigenvalue weighted by Gasteiger charge is -2.09. The van der Waals surface area contributed by atoms with E-state index in [4.69, 9.17) is 10.5 Å². The van der Waals surface area contributed by atoms with Crippen molar-refractivity contribution in [1.29, 1.82) is 0 Å². The molecule has 0 unspecified atom stereocenters. The summed E-state index contributed by atoms with van der Waals surface area (Å²) in [5, 5.41) is 3.42. The van der Waals surface area contributed by atoms with Crippen LogP contribution in [0.3, 0.4) is 0 Å². The van der Waals surface area contributed by atoms with Crippen LogP contribution in [0.5, 0.6) is 5.75 Å². The standard InChI is InChI=1S/C12H18N2O/c1-15-11-4-5-12(13)10(6-11)8-14-7-9-2-3-9/h4-6,9,14H,2-3,7-8,13H2,1H3. The number of rotatable bonds is 5. The third-order valence-corrected chi connectivity index (χ3v) is 2.80. The number of anilines is 1. The third kappa shape index (κ3) is 2.86. The molecule has 0 spiro atoms. The van der Waals surface area contributed by atoms with E-state index in [0.717, 1.165) is 36.0 Å². The zero-order chi connectivity index (χ0) is 10.7. The van der Waals surface area contributed by atoms with Crippen molar-refractivity contribution in [3.8, 4) is 5.75 Å². The fourth-order valence-electron chi connectivity index (χ4n) is 1.60. The first kappa shape index (κ1) is 10.3. The Bertz CT molecular complexity index is 334. The summed E-state index contributed by atoms with van der Waals surface area (Å²) in [5.41, 5.74) is 7.83. The van der Waals surface area contributed by atoms with Crippen LogP contribution in [0, 0.1) is 5.92 Å². The number of nitrogen functional groups attached to an aromatic ring is 1. The van der Waals surface area contributed by atoms with E-state index < -0.39 is 0 Å². The lowest BCUT2D eigenvalue weighted by molar-refractivity contribution is 0.414. The van der Waals surface area contributed by atoms with E-state index in [1.807, 2.05) is 18.2 Å². The molecule has 0 amide bonds. The van der Waals surface area contributed by atoms with Gasteiger partial charge in [0.15, 0.2) is 0 Å². The minimum atomic E-state index is 0.832. The van der Waals surface area contributed by atoms with Crippen LogP contribution in [-0.2, 0) is 6.54 Å². The summed E-state index contributed by atoms with van der Waals surface area (Å²) in [6, 6.07) is 5.78. The Morgan fingerprint density at radius 2 is 2.27 bits per heavy atom. The summed E-state index contributed by atoms with van der Waals surface area (Å²) in [6.07, 6.45) is 2.75. The number of ether oxygens (including phenoxy) is 1. The van der Waals surface area contributed by atoms with Crippen LogP contribution in [0.4, 0.5) is 5.69 Å². The van der Waals surface area contributed by atoms with Crippen molar-refractivity contribution in [1.82, 2.24) is 5.32 Å². The first-order chi connectivity index (χ1) is 7.29. The smallest absolute Gasteiger partial charge is 0.119 e. The maximum atomic E-state index is 5.88. The lowest BCUT2D eigenvalue weighted by Crippen LogP contribution is -2.17. The van der Waals surface area contributed by atoms with Crippen molar-refractivity contribution < 1.29 is 4.74 Å². The van der Waals surface area contributed by atoms with Gasteiger partial charge in [-0.2, -0.15) is 0 Å². The second kappa shape index (κ2) is 4.53. The molecule has 82 valence electrons. The van der Waals surface area contributed by atoms with Gasteiger partial charge in [-0.1, -0.05) is 0 Å². The summed E-state index contributed by atoms with van der Waals surface area (Å²) < 4.78 is 5.17. The molecule has 15 heavy (non-hydrogen) atoms. The first-order valence-electron chi connectivity index (χ1n) is 5.42. The van der Waals surface area contributed by atoms with Crippen LogP contribution in [0.1, 0.15) is 18.4 Å². The molecule has 3 N–H and O–H groups in total. The van der Waals surface area contributed by atoms with Gasteiger partial charge in [0.2, 0.25) is 0 Å². The molecule has 0 heterocycles. The number of hydrogen-bond donors (Lipinski definition) is 2. The van der Waals surface area contributed by atoms with Crippen LogP contribution >= 0.6 is 0 Å². The van der Waals surface area contributed by atoms with Gasteiger partial charge in [-0.3, -0.25) is 0 Å². The average Bonchev–Trinajstić information content (AvgIpc) is 3.05. The number of benzene rings is 1. The van der Waals surface area contributed by atoms with E-state index in [2.05, 4.69) is 5.32 Å². The largest absolute Gasteiger partial charge is 0.497 e. The fourth-order valence-corrected chi connectivity index (χ4v) is 1.60. The molecular formula is C12H18N2O. The van der Waals surface area contributed by atoms with E-state index in [9.17, 15) is 0 Å². The summed E-state index contributed by atoms with van der Waals surface area (Å²) in [4.78, 5) is 0. The molecular weight excluding hydrogens is 188 g/mol. The Labute approximate surface area is 90.6 Å². The highest BCUT2D eigenvalue weighted by molar-refractivity contribution is 5.50. The zero-order valence-electron chi connectivity index (χ0n) is 9.12. The van der Waals surface area contributed by atoms with Crippen LogP contribution in [-0.4, -0.2) is 13.7 Å². The summed E-state index contributed by atoms with van der Waals surface area (Å²) in [7, 11) is 1.67. The van der Waals surface area contributed by atoms with E-state index in [0.29, 0.717) is 0 Å². The molecule has 1 aromatic rings. The second-order valence-corrected chi connectivity index (χ2v) is 4.14. The topological polar surface area (TPSA) is 47.3 Å². The molecule has 2 rings (SSSR count).